The number of hydrogen-bond donors (Lipinski definition) is 1. The Morgan fingerprint density at radius 2 is 1.81 bits per heavy atom. The van der Waals surface area contributed by atoms with Gasteiger partial charge in [-0.2, -0.15) is 0 Å². The van der Waals surface area contributed by atoms with Crippen molar-refractivity contribution in [2.45, 2.75) is 33.1 Å². The zero-order valence-electron chi connectivity index (χ0n) is 15.7. The lowest BCUT2D eigenvalue weighted by Crippen LogP contribution is -2.11. The number of benzene rings is 2. The Bertz CT molecular complexity index is 880. The second kappa shape index (κ2) is 8.71. The van der Waals surface area contributed by atoms with Crippen molar-refractivity contribution in [3.05, 3.63) is 76.9 Å². The molecule has 27 heavy (non-hydrogen) atoms. The van der Waals surface area contributed by atoms with Crippen LogP contribution in [-0.2, 0) is 5.92 Å². The van der Waals surface area contributed by atoms with Gasteiger partial charge >= 0.3 is 5.97 Å². The third kappa shape index (κ3) is 5.33. The van der Waals surface area contributed by atoms with E-state index in [-0.39, 0.29) is 17.7 Å². The minimum atomic E-state index is -2.95. The summed E-state index contributed by atoms with van der Waals surface area (Å²) in [5.41, 5.74) is 2.72. The largest absolute Gasteiger partial charge is 0.478 e. The molecule has 0 radical (unpaired) electrons. The van der Waals surface area contributed by atoms with E-state index in [1.165, 1.54) is 12.1 Å². The molecule has 0 aliphatic carbocycles. The fourth-order valence-electron chi connectivity index (χ4n) is 2.82. The van der Waals surface area contributed by atoms with Crippen LogP contribution in [0.3, 0.4) is 0 Å². The molecule has 0 saturated heterocycles. The average molecular weight is 371 g/mol. The fraction of sp³-hybridized carbons (Fsp3) is 0.273. The Kier molecular flexibility index (Phi) is 6.61. The highest BCUT2D eigenvalue weighted by atomic mass is 19.3. The van der Waals surface area contributed by atoms with Crippen LogP contribution >= 0.6 is 0 Å². The van der Waals surface area contributed by atoms with Crippen molar-refractivity contribution < 1.29 is 18.7 Å². The maximum absolute atomic E-state index is 14.0. The number of allylic oxidation sites excluding steroid dienone is 1. The summed E-state index contributed by atoms with van der Waals surface area (Å²) in [4.78, 5) is 15.6. The summed E-state index contributed by atoms with van der Waals surface area (Å²) in [6.07, 6.45) is 2.59. The average Bonchev–Trinajstić information content (AvgIpc) is 2.64. The molecule has 0 bridgehead atoms. The standard InChI is InChI=1S/C22H23F2NO2/c1-4-8-18(19-11-5-6-12-20(19)22(3,23)24)14-25-15(2)16-9-7-10-17(13-16)21(26)27/h5-13H,4,14H2,1-3H3,(H,26,27)/b18-8+,25-15?. The van der Waals surface area contributed by atoms with Crippen molar-refractivity contribution in [1.82, 2.24) is 0 Å². The monoisotopic (exact) mass is 371 g/mol. The molecule has 0 aromatic heterocycles. The van der Waals surface area contributed by atoms with Gasteiger partial charge < -0.3 is 5.11 Å². The predicted molar refractivity (Wildman–Crippen MR) is 105 cm³/mol. The molecule has 5 heteroatoms. The molecule has 0 amide bonds. The van der Waals surface area contributed by atoms with Gasteiger partial charge in [0.15, 0.2) is 0 Å². The lowest BCUT2D eigenvalue weighted by molar-refractivity contribution is 0.0172. The van der Waals surface area contributed by atoms with E-state index in [1.54, 1.807) is 43.3 Å². The molecule has 2 rings (SSSR count). The summed E-state index contributed by atoms with van der Waals surface area (Å²) in [7, 11) is 0. The van der Waals surface area contributed by atoms with E-state index >= 15 is 0 Å². The molecule has 3 nitrogen and oxygen atoms in total. The number of carboxylic acids is 1. The maximum Gasteiger partial charge on any atom is 0.335 e. The molecule has 142 valence electrons. The van der Waals surface area contributed by atoms with Gasteiger partial charge in [-0.25, -0.2) is 13.6 Å². The van der Waals surface area contributed by atoms with Gasteiger partial charge in [-0.3, -0.25) is 4.99 Å². The van der Waals surface area contributed by atoms with Crippen LogP contribution in [0, 0.1) is 0 Å². The Morgan fingerprint density at radius 1 is 1.15 bits per heavy atom. The Balaban J connectivity index is 2.36. The number of alkyl halides is 2. The lowest BCUT2D eigenvalue weighted by atomic mass is 9.95. The summed E-state index contributed by atoms with van der Waals surface area (Å²) in [5.74, 6) is -3.95. The van der Waals surface area contributed by atoms with E-state index < -0.39 is 11.9 Å². The zero-order valence-corrected chi connectivity index (χ0v) is 15.7. The quantitative estimate of drug-likeness (QED) is 0.625. The van der Waals surface area contributed by atoms with Crippen molar-refractivity contribution in [2.24, 2.45) is 4.99 Å². The number of carbonyl (C=O) groups is 1. The number of halogens is 2. The molecule has 1 N–H and O–H groups in total. The Labute approximate surface area is 158 Å². The SMILES string of the molecule is CC/C=C(\CN=C(C)c1cccc(C(=O)O)c1)c1ccccc1C(C)(F)F. The topological polar surface area (TPSA) is 49.7 Å². The summed E-state index contributed by atoms with van der Waals surface area (Å²) in [5, 5.41) is 9.11. The van der Waals surface area contributed by atoms with Gasteiger partial charge in [0.05, 0.1) is 12.1 Å². The van der Waals surface area contributed by atoms with Crippen LogP contribution in [-0.4, -0.2) is 23.3 Å². The zero-order chi connectivity index (χ0) is 20.0. The second-order valence-corrected chi connectivity index (χ2v) is 6.36. The summed E-state index contributed by atoms with van der Waals surface area (Å²) >= 11 is 0. The molecular formula is C22H23F2NO2. The van der Waals surface area contributed by atoms with Crippen LogP contribution in [0.4, 0.5) is 8.78 Å². The van der Waals surface area contributed by atoms with Crippen molar-refractivity contribution in [3.8, 4) is 0 Å². The maximum atomic E-state index is 14.0. The minimum Gasteiger partial charge on any atom is -0.478 e. The summed E-state index contributed by atoms with van der Waals surface area (Å²) < 4.78 is 28.0. The first-order chi connectivity index (χ1) is 12.7. The highest BCUT2D eigenvalue weighted by Gasteiger charge is 2.28. The van der Waals surface area contributed by atoms with E-state index in [0.29, 0.717) is 23.3 Å². The first-order valence-electron chi connectivity index (χ1n) is 8.75. The number of hydrogen-bond acceptors (Lipinski definition) is 2. The number of nitrogens with zero attached hydrogens (tertiary/aromatic N) is 1. The molecule has 0 fully saturated rings. The molecule has 0 aliphatic rings. The first kappa shape index (κ1) is 20.5. The fourth-order valence-corrected chi connectivity index (χ4v) is 2.82. The van der Waals surface area contributed by atoms with Gasteiger partial charge in [-0.05, 0) is 42.2 Å². The van der Waals surface area contributed by atoms with E-state index in [4.69, 9.17) is 5.11 Å². The molecule has 0 atom stereocenters. The molecule has 2 aromatic carbocycles. The molecule has 0 spiro atoms. The Morgan fingerprint density at radius 3 is 2.44 bits per heavy atom. The molecular weight excluding hydrogens is 348 g/mol. The van der Waals surface area contributed by atoms with E-state index in [2.05, 4.69) is 4.99 Å². The molecule has 0 unspecified atom stereocenters. The van der Waals surface area contributed by atoms with Crippen molar-refractivity contribution in [1.29, 1.82) is 0 Å². The van der Waals surface area contributed by atoms with Crippen molar-refractivity contribution in [3.63, 3.8) is 0 Å². The summed E-state index contributed by atoms with van der Waals surface area (Å²) in [6.45, 7) is 4.86. The number of rotatable bonds is 7. The van der Waals surface area contributed by atoms with Crippen LogP contribution in [0.15, 0.2) is 59.6 Å². The smallest absolute Gasteiger partial charge is 0.335 e. The van der Waals surface area contributed by atoms with E-state index in [9.17, 15) is 13.6 Å². The van der Waals surface area contributed by atoms with Crippen LogP contribution < -0.4 is 0 Å². The van der Waals surface area contributed by atoms with Gasteiger partial charge in [0, 0.05) is 18.2 Å². The van der Waals surface area contributed by atoms with Gasteiger partial charge in [-0.15, -0.1) is 0 Å². The molecule has 0 saturated carbocycles. The van der Waals surface area contributed by atoms with Crippen LogP contribution in [0.25, 0.3) is 5.57 Å². The normalized spacial score (nSPS) is 12.9. The van der Waals surface area contributed by atoms with Gasteiger partial charge in [0.25, 0.3) is 5.92 Å². The molecule has 2 aromatic rings. The highest BCUT2D eigenvalue weighted by Crippen LogP contribution is 2.33. The van der Waals surface area contributed by atoms with Gasteiger partial charge in [0.2, 0.25) is 0 Å². The van der Waals surface area contributed by atoms with Gasteiger partial charge in [0.1, 0.15) is 0 Å². The molecule has 0 heterocycles. The third-order valence-corrected chi connectivity index (χ3v) is 4.21. The van der Waals surface area contributed by atoms with Crippen LogP contribution in [0.5, 0.6) is 0 Å². The lowest BCUT2D eigenvalue weighted by Gasteiger charge is -2.17. The minimum absolute atomic E-state index is 0.0228. The molecule has 0 aliphatic heterocycles. The summed E-state index contributed by atoms with van der Waals surface area (Å²) in [6, 6.07) is 13.0. The van der Waals surface area contributed by atoms with Crippen molar-refractivity contribution >= 4 is 17.3 Å². The number of carboxylic acid groups (broad SMARTS) is 1. The van der Waals surface area contributed by atoms with E-state index in [0.717, 1.165) is 12.5 Å². The number of aromatic carboxylic acids is 1. The first-order valence-corrected chi connectivity index (χ1v) is 8.75. The Hall–Kier alpha value is -2.82. The van der Waals surface area contributed by atoms with E-state index in [1.807, 2.05) is 13.0 Å². The van der Waals surface area contributed by atoms with Crippen LogP contribution in [0.2, 0.25) is 0 Å². The van der Waals surface area contributed by atoms with Gasteiger partial charge in [-0.1, -0.05) is 49.4 Å². The van der Waals surface area contributed by atoms with Crippen molar-refractivity contribution in [2.75, 3.05) is 6.54 Å². The predicted octanol–water partition coefficient (Wildman–Crippen LogP) is 5.80. The highest BCUT2D eigenvalue weighted by molar-refractivity contribution is 6.01. The third-order valence-electron chi connectivity index (χ3n) is 4.21. The second-order valence-electron chi connectivity index (χ2n) is 6.36. The van der Waals surface area contributed by atoms with Crippen LogP contribution in [0.1, 0.15) is 54.2 Å². The number of aliphatic imine (C=N–C) groups is 1.